The molecule has 0 spiro atoms. The van der Waals surface area contributed by atoms with Gasteiger partial charge in [-0.3, -0.25) is 4.90 Å². The molecule has 6 nitrogen and oxygen atoms in total. The van der Waals surface area contributed by atoms with Crippen molar-refractivity contribution in [3.8, 4) is 5.69 Å². The molecule has 2 aromatic rings. The van der Waals surface area contributed by atoms with Crippen LogP contribution in [0.25, 0.3) is 5.69 Å². The summed E-state index contributed by atoms with van der Waals surface area (Å²) in [5, 5.41) is 15.4. The van der Waals surface area contributed by atoms with Gasteiger partial charge in [0.1, 0.15) is 6.33 Å². The van der Waals surface area contributed by atoms with Crippen LogP contribution in [0, 0.1) is 0 Å². The molecule has 1 aliphatic rings. The first kappa shape index (κ1) is 17.4. The molecule has 1 aliphatic heterocycles. The Hall–Kier alpha value is -1.41. The van der Waals surface area contributed by atoms with Gasteiger partial charge in [-0.1, -0.05) is 30.0 Å². The number of aliphatic hydroxyl groups is 1. The van der Waals surface area contributed by atoms with Crippen molar-refractivity contribution in [2.45, 2.75) is 37.3 Å². The predicted molar refractivity (Wildman–Crippen MR) is 94.5 cm³/mol. The van der Waals surface area contributed by atoms with Crippen LogP contribution in [0.3, 0.4) is 0 Å². The smallest absolute Gasteiger partial charge is 0.208 e. The molecule has 7 heteroatoms. The Kier molecular flexibility index (Phi) is 5.89. The maximum Gasteiger partial charge on any atom is 0.208 e. The van der Waals surface area contributed by atoms with Crippen molar-refractivity contribution in [2.24, 2.45) is 0 Å². The molecule has 1 N–H and O–H groups in total. The summed E-state index contributed by atoms with van der Waals surface area (Å²) in [6.45, 7) is 6.54. The highest BCUT2D eigenvalue weighted by Crippen LogP contribution is 2.17. The summed E-state index contributed by atoms with van der Waals surface area (Å²) in [6, 6.07) is 9.88. The van der Waals surface area contributed by atoms with Crippen LogP contribution in [0.5, 0.6) is 0 Å². The van der Waals surface area contributed by atoms with Crippen LogP contribution in [0.1, 0.15) is 13.8 Å². The molecule has 3 atom stereocenters. The largest absolute Gasteiger partial charge is 0.391 e. The van der Waals surface area contributed by atoms with Crippen LogP contribution in [0.4, 0.5) is 0 Å². The first-order chi connectivity index (χ1) is 11.6. The number of aromatic nitrogens is 3. The summed E-state index contributed by atoms with van der Waals surface area (Å²) >= 11 is 1.48. The quantitative estimate of drug-likeness (QED) is 0.804. The van der Waals surface area contributed by atoms with Crippen LogP contribution in [0.2, 0.25) is 0 Å². The molecule has 1 fully saturated rings. The highest BCUT2D eigenvalue weighted by atomic mass is 32.2. The van der Waals surface area contributed by atoms with Gasteiger partial charge in [0.05, 0.1) is 24.0 Å². The molecule has 2 heterocycles. The zero-order chi connectivity index (χ0) is 16.9. The minimum atomic E-state index is -0.406. The minimum absolute atomic E-state index is 0.219. The standard InChI is InChI=1S/C17H24N4O2S/c1-13-8-20(9-14(2)23-13)10-16(22)11-24-17-18-12-21(19-17)15-6-4-3-5-7-15/h3-7,12-14,16,22H,8-11H2,1-2H3. The fourth-order valence-corrected chi connectivity index (χ4v) is 3.69. The second kappa shape index (κ2) is 8.11. The number of para-hydroxylation sites is 1. The lowest BCUT2D eigenvalue weighted by Crippen LogP contribution is -2.48. The van der Waals surface area contributed by atoms with Crippen LogP contribution < -0.4 is 0 Å². The predicted octanol–water partition coefficient (Wildman–Crippen LogP) is 1.83. The molecule has 0 amide bonds. The first-order valence-electron chi connectivity index (χ1n) is 8.26. The SMILES string of the molecule is CC1CN(CC(O)CSc2ncn(-c3ccccc3)n2)CC(C)O1. The lowest BCUT2D eigenvalue weighted by atomic mass is 10.2. The van der Waals surface area contributed by atoms with Gasteiger partial charge in [0.2, 0.25) is 5.16 Å². The van der Waals surface area contributed by atoms with Crippen molar-refractivity contribution in [1.82, 2.24) is 19.7 Å². The molecule has 130 valence electrons. The Morgan fingerprint density at radius 1 is 1.25 bits per heavy atom. The van der Waals surface area contributed by atoms with Gasteiger partial charge in [0, 0.05) is 25.4 Å². The molecule has 1 aromatic carbocycles. The van der Waals surface area contributed by atoms with Gasteiger partial charge >= 0.3 is 0 Å². The Bertz CT molecular complexity index is 627. The number of morpholine rings is 1. The van der Waals surface area contributed by atoms with Crippen LogP contribution in [-0.4, -0.2) is 68.5 Å². The fourth-order valence-electron chi connectivity index (χ4n) is 2.97. The third-order valence-corrected chi connectivity index (χ3v) is 4.86. The number of β-amino-alcohol motifs (C(OH)–C–C–N with tert-alkyl or cyclic N) is 1. The van der Waals surface area contributed by atoms with Crippen LogP contribution in [0.15, 0.2) is 41.8 Å². The average Bonchev–Trinajstić information content (AvgIpc) is 3.02. The number of hydrogen-bond acceptors (Lipinski definition) is 6. The number of rotatable bonds is 6. The zero-order valence-corrected chi connectivity index (χ0v) is 14.9. The zero-order valence-electron chi connectivity index (χ0n) is 14.1. The third kappa shape index (κ3) is 4.80. The van der Waals surface area contributed by atoms with Gasteiger partial charge in [0.25, 0.3) is 0 Å². The Balaban J connectivity index is 1.48. The average molecular weight is 348 g/mol. The molecule has 1 aromatic heterocycles. The van der Waals surface area contributed by atoms with E-state index in [1.165, 1.54) is 11.8 Å². The van der Waals surface area contributed by atoms with Crippen molar-refractivity contribution >= 4 is 11.8 Å². The molecular formula is C17H24N4O2S. The number of aliphatic hydroxyl groups excluding tert-OH is 1. The molecule has 0 bridgehead atoms. The van der Waals surface area contributed by atoms with Crippen molar-refractivity contribution in [3.05, 3.63) is 36.7 Å². The molecule has 0 saturated carbocycles. The molecule has 24 heavy (non-hydrogen) atoms. The minimum Gasteiger partial charge on any atom is -0.391 e. The summed E-state index contributed by atoms with van der Waals surface area (Å²) in [6.07, 6.45) is 1.74. The third-order valence-electron chi connectivity index (χ3n) is 3.86. The van der Waals surface area contributed by atoms with Gasteiger partial charge in [-0.05, 0) is 26.0 Å². The Morgan fingerprint density at radius 3 is 2.67 bits per heavy atom. The van der Waals surface area contributed by atoms with Crippen molar-refractivity contribution in [3.63, 3.8) is 0 Å². The van der Waals surface area contributed by atoms with E-state index in [0.29, 0.717) is 17.5 Å². The van der Waals surface area contributed by atoms with Crippen molar-refractivity contribution < 1.29 is 9.84 Å². The number of hydrogen-bond donors (Lipinski definition) is 1. The molecule has 1 saturated heterocycles. The van der Waals surface area contributed by atoms with E-state index in [1.54, 1.807) is 11.0 Å². The molecule has 0 radical (unpaired) electrons. The van der Waals surface area contributed by atoms with Crippen molar-refractivity contribution in [2.75, 3.05) is 25.4 Å². The number of thioether (sulfide) groups is 1. The van der Waals surface area contributed by atoms with Gasteiger partial charge in [-0.15, -0.1) is 5.10 Å². The lowest BCUT2D eigenvalue weighted by Gasteiger charge is -2.36. The topological polar surface area (TPSA) is 63.4 Å². The van der Waals surface area contributed by atoms with E-state index < -0.39 is 6.10 Å². The summed E-state index contributed by atoms with van der Waals surface area (Å²) in [7, 11) is 0. The lowest BCUT2D eigenvalue weighted by molar-refractivity contribution is -0.0750. The maximum atomic E-state index is 10.3. The van der Waals surface area contributed by atoms with Crippen LogP contribution >= 0.6 is 11.8 Å². The van der Waals surface area contributed by atoms with E-state index in [4.69, 9.17) is 4.74 Å². The molecule has 3 rings (SSSR count). The summed E-state index contributed by atoms with van der Waals surface area (Å²) in [5.74, 6) is 0.582. The second-order valence-electron chi connectivity index (χ2n) is 6.25. The Labute approximate surface area is 146 Å². The van der Waals surface area contributed by atoms with Crippen LogP contribution in [-0.2, 0) is 4.74 Å². The van der Waals surface area contributed by atoms with Gasteiger partial charge in [-0.25, -0.2) is 9.67 Å². The highest BCUT2D eigenvalue weighted by molar-refractivity contribution is 7.99. The summed E-state index contributed by atoms with van der Waals surface area (Å²) < 4.78 is 7.47. The highest BCUT2D eigenvalue weighted by Gasteiger charge is 2.23. The number of nitrogens with zero attached hydrogens (tertiary/aromatic N) is 4. The van der Waals surface area contributed by atoms with Gasteiger partial charge in [0.15, 0.2) is 0 Å². The molecular weight excluding hydrogens is 324 g/mol. The number of benzene rings is 1. The summed E-state index contributed by atoms with van der Waals surface area (Å²) in [4.78, 5) is 6.57. The monoisotopic (exact) mass is 348 g/mol. The Morgan fingerprint density at radius 2 is 1.96 bits per heavy atom. The molecule has 3 unspecified atom stereocenters. The normalized spacial score (nSPS) is 23.3. The van der Waals surface area contributed by atoms with Gasteiger partial charge < -0.3 is 9.84 Å². The fraction of sp³-hybridized carbons (Fsp3) is 0.529. The van der Waals surface area contributed by atoms with E-state index in [2.05, 4.69) is 28.8 Å². The van der Waals surface area contributed by atoms with E-state index in [0.717, 1.165) is 18.8 Å². The summed E-state index contributed by atoms with van der Waals surface area (Å²) in [5.41, 5.74) is 0.980. The second-order valence-corrected chi connectivity index (χ2v) is 7.24. The van der Waals surface area contributed by atoms with E-state index >= 15 is 0 Å². The van der Waals surface area contributed by atoms with E-state index in [9.17, 15) is 5.11 Å². The molecule has 0 aliphatic carbocycles. The number of ether oxygens (including phenoxy) is 1. The first-order valence-corrected chi connectivity index (χ1v) is 9.24. The van der Waals surface area contributed by atoms with E-state index in [-0.39, 0.29) is 12.2 Å². The van der Waals surface area contributed by atoms with Gasteiger partial charge in [-0.2, -0.15) is 0 Å². The van der Waals surface area contributed by atoms with Crippen molar-refractivity contribution in [1.29, 1.82) is 0 Å². The van der Waals surface area contributed by atoms with E-state index in [1.807, 2.05) is 30.3 Å². The maximum absolute atomic E-state index is 10.3.